The summed E-state index contributed by atoms with van der Waals surface area (Å²) in [7, 11) is 4.22. The van der Waals surface area contributed by atoms with Crippen molar-refractivity contribution < 1.29 is 0 Å². The smallest absolute Gasteiger partial charge is 0.0453 e. The summed E-state index contributed by atoms with van der Waals surface area (Å²) >= 11 is 6.29. The Balaban J connectivity index is 2.56. The van der Waals surface area contributed by atoms with Gasteiger partial charge < -0.3 is 10.2 Å². The van der Waals surface area contributed by atoms with Crippen LogP contribution in [0.2, 0.25) is 5.02 Å². The van der Waals surface area contributed by atoms with Gasteiger partial charge in [-0.15, -0.1) is 0 Å². The molecule has 1 rings (SSSR count). The first kappa shape index (κ1) is 17.5. The van der Waals surface area contributed by atoms with E-state index in [4.69, 9.17) is 11.6 Å². The molecule has 1 N–H and O–H groups in total. The van der Waals surface area contributed by atoms with Crippen LogP contribution in [0, 0.1) is 5.92 Å². The molecule has 0 aliphatic heterocycles. The van der Waals surface area contributed by atoms with E-state index in [0.29, 0.717) is 12.1 Å². The Morgan fingerprint density at radius 1 is 1.20 bits per heavy atom. The Morgan fingerprint density at radius 2 is 1.85 bits per heavy atom. The van der Waals surface area contributed by atoms with E-state index in [9.17, 15) is 0 Å². The molecular formula is C17H29ClN2. The molecule has 2 atom stereocenters. The number of nitrogens with one attached hydrogen (secondary N) is 1. The molecule has 0 saturated heterocycles. The number of hydrogen-bond donors (Lipinski definition) is 1. The van der Waals surface area contributed by atoms with E-state index in [1.165, 1.54) is 12.0 Å². The van der Waals surface area contributed by atoms with Gasteiger partial charge in [0.05, 0.1) is 0 Å². The molecule has 0 aromatic heterocycles. The van der Waals surface area contributed by atoms with Gasteiger partial charge in [0.25, 0.3) is 0 Å². The van der Waals surface area contributed by atoms with E-state index >= 15 is 0 Å². The van der Waals surface area contributed by atoms with Crippen molar-refractivity contribution in [3.05, 3.63) is 34.9 Å². The first-order chi connectivity index (χ1) is 9.45. The van der Waals surface area contributed by atoms with Gasteiger partial charge in [0.1, 0.15) is 0 Å². The fraction of sp³-hybridized carbons (Fsp3) is 0.647. The van der Waals surface area contributed by atoms with Crippen LogP contribution >= 0.6 is 11.6 Å². The Labute approximate surface area is 129 Å². The summed E-state index contributed by atoms with van der Waals surface area (Å²) in [6.45, 7) is 7.95. The summed E-state index contributed by atoms with van der Waals surface area (Å²) < 4.78 is 0. The summed E-state index contributed by atoms with van der Waals surface area (Å²) in [6, 6.07) is 9.05. The van der Waals surface area contributed by atoms with Crippen LogP contribution in [0.5, 0.6) is 0 Å². The molecule has 0 bridgehead atoms. The highest BCUT2D eigenvalue weighted by atomic mass is 35.5. The highest BCUT2D eigenvalue weighted by molar-refractivity contribution is 6.31. The van der Waals surface area contributed by atoms with Crippen molar-refractivity contribution in [2.24, 2.45) is 5.92 Å². The summed E-state index contributed by atoms with van der Waals surface area (Å²) in [5, 5.41) is 4.23. The van der Waals surface area contributed by atoms with Crippen molar-refractivity contribution in [2.75, 3.05) is 20.6 Å². The van der Waals surface area contributed by atoms with Gasteiger partial charge in [-0.3, -0.25) is 0 Å². The maximum absolute atomic E-state index is 6.29. The molecule has 0 radical (unpaired) electrons. The van der Waals surface area contributed by atoms with E-state index in [1.807, 2.05) is 19.2 Å². The monoisotopic (exact) mass is 296 g/mol. The van der Waals surface area contributed by atoms with E-state index in [-0.39, 0.29) is 0 Å². The van der Waals surface area contributed by atoms with E-state index in [2.05, 4.69) is 50.2 Å². The molecule has 114 valence electrons. The van der Waals surface area contributed by atoms with E-state index < -0.39 is 0 Å². The molecule has 0 heterocycles. The summed E-state index contributed by atoms with van der Waals surface area (Å²) in [6.07, 6.45) is 2.31. The second kappa shape index (κ2) is 8.66. The maximum Gasteiger partial charge on any atom is 0.0453 e. The number of hydrogen-bond acceptors (Lipinski definition) is 2. The number of rotatable bonds is 8. The average Bonchev–Trinajstić information content (AvgIpc) is 2.40. The molecule has 0 saturated carbocycles. The van der Waals surface area contributed by atoms with Gasteiger partial charge in [-0.1, -0.05) is 43.6 Å². The van der Waals surface area contributed by atoms with Crippen molar-refractivity contribution in [1.82, 2.24) is 10.2 Å². The zero-order valence-electron chi connectivity index (χ0n) is 13.5. The fourth-order valence-electron chi connectivity index (χ4n) is 2.63. The highest BCUT2D eigenvalue weighted by Gasteiger charge is 2.16. The first-order valence-electron chi connectivity index (χ1n) is 7.57. The van der Waals surface area contributed by atoms with Crippen LogP contribution < -0.4 is 5.32 Å². The molecule has 0 spiro atoms. The van der Waals surface area contributed by atoms with Crippen LogP contribution in [0.1, 0.15) is 45.2 Å². The lowest BCUT2D eigenvalue weighted by Crippen LogP contribution is -2.33. The zero-order valence-corrected chi connectivity index (χ0v) is 14.2. The molecule has 0 aliphatic rings. The molecule has 2 nitrogen and oxygen atoms in total. The van der Waals surface area contributed by atoms with Crippen LogP contribution in [0.25, 0.3) is 0 Å². The van der Waals surface area contributed by atoms with Crippen LogP contribution in [0.4, 0.5) is 0 Å². The highest BCUT2D eigenvalue weighted by Crippen LogP contribution is 2.25. The van der Waals surface area contributed by atoms with Gasteiger partial charge in [-0.05, 0) is 58.0 Å². The molecule has 0 amide bonds. The van der Waals surface area contributed by atoms with Crippen molar-refractivity contribution >= 4 is 11.6 Å². The quantitative estimate of drug-likeness (QED) is 0.767. The van der Waals surface area contributed by atoms with Gasteiger partial charge >= 0.3 is 0 Å². The first-order valence-corrected chi connectivity index (χ1v) is 7.95. The molecule has 20 heavy (non-hydrogen) atoms. The topological polar surface area (TPSA) is 15.3 Å². The minimum absolute atomic E-state index is 0.317. The Morgan fingerprint density at radius 3 is 2.40 bits per heavy atom. The van der Waals surface area contributed by atoms with Crippen molar-refractivity contribution in [3.8, 4) is 0 Å². The van der Waals surface area contributed by atoms with Gasteiger partial charge in [0.2, 0.25) is 0 Å². The molecule has 0 fully saturated rings. The molecule has 2 unspecified atom stereocenters. The van der Waals surface area contributed by atoms with Crippen molar-refractivity contribution in [1.29, 1.82) is 0 Å². The third kappa shape index (κ3) is 5.43. The molecule has 1 aromatic carbocycles. The van der Waals surface area contributed by atoms with Crippen LogP contribution in [-0.4, -0.2) is 31.6 Å². The second-order valence-electron chi connectivity index (χ2n) is 6.11. The third-order valence-electron chi connectivity index (χ3n) is 3.96. The predicted molar refractivity (Wildman–Crippen MR) is 89.4 cm³/mol. The Kier molecular flexibility index (Phi) is 7.57. The standard InChI is InChI=1S/C17H29ClN2/c1-13(2)12-14(3)20(5)11-10-17(19-4)15-8-6-7-9-16(15)18/h6-9,13-14,17,19H,10-12H2,1-5H3. The van der Waals surface area contributed by atoms with Crippen LogP contribution in [-0.2, 0) is 0 Å². The van der Waals surface area contributed by atoms with Gasteiger partial charge in [0.15, 0.2) is 0 Å². The number of benzene rings is 1. The average molecular weight is 297 g/mol. The van der Waals surface area contributed by atoms with Crippen molar-refractivity contribution in [3.63, 3.8) is 0 Å². The molecule has 1 aromatic rings. The van der Waals surface area contributed by atoms with Crippen molar-refractivity contribution in [2.45, 2.75) is 45.7 Å². The second-order valence-corrected chi connectivity index (χ2v) is 6.52. The maximum atomic E-state index is 6.29. The Bertz CT molecular complexity index is 392. The normalized spacial score (nSPS) is 14.8. The van der Waals surface area contributed by atoms with Gasteiger partial charge in [-0.25, -0.2) is 0 Å². The Hall–Kier alpha value is -0.570. The lowest BCUT2D eigenvalue weighted by Gasteiger charge is -2.28. The fourth-order valence-corrected chi connectivity index (χ4v) is 2.90. The minimum atomic E-state index is 0.317. The molecular weight excluding hydrogens is 268 g/mol. The number of nitrogens with zero attached hydrogens (tertiary/aromatic N) is 1. The summed E-state index contributed by atoms with van der Waals surface area (Å²) in [4.78, 5) is 2.45. The van der Waals surface area contributed by atoms with Crippen LogP contribution in [0.15, 0.2) is 24.3 Å². The van der Waals surface area contributed by atoms with Gasteiger partial charge in [0, 0.05) is 17.1 Å². The largest absolute Gasteiger partial charge is 0.313 e. The van der Waals surface area contributed by atoms with Gasteiger partial charge in [-0.2, -0.15) is 0 Å². The summed E-state index contributed by atoms with van der Waals surface area (Å²) in [5.41, 5.74) is 1.20. The predicted octanol–water partition coefficient (Wildman–Crippen LogP) is 4.36. The van der Waals surface area contributed by atoms with E-state index in [0.717, 1.165) is 23.9 Å². The lowest BCUT2D eigenvalue weighted by molar-refractivity contribution is 0.218. The minimum Gasteiger partial charge on any atom is -0.313 e. The third-order valence-corrected chi connectivity index (χ3v) is 4.31. The van der Waals surface area contributed by atoms with E-state index in [1.54, 1.807) is 0 Å². The molecule has 0 aliphatic carbocycles. The van der Waals surface area contributed by atoms with Crippen LogP contribution in [0.3, 0.4) is 0 Å². The molecule has 3 heteroatoms. The SMILES string of the molecule is CNC(CCN(C)C(C)CC(C)C)c1ccccc1Cl. The number of halogens is 1. The zero-order chi connectivity index (χ0) is 15.1. The lowest BCUT2D eigenvalue weighted by atomic mass is 10.0. The summed E-state index contributed by atoms with van der Waals surface area (Å²) in [5.74, 6) is 0.746.